The fourth-order valence-corrected chi connectivity index (χ4v) is 3.55. The summed E-state index contributed by atoms with van der Waals surface area (Å²) in [7, 11) is 3.45. The maximum absolute atomic E-state index is 10.5. The second kappa shape index (κ2) is 8.20. The highest BCUT2D eigenvalue weighted by Crippen LogP contribution is 2.33. The smallest absolute Gasteiger partial charge is 0.0700 e. The van der Waals surface area contributed by atoms with Gasteiger partial charge in [0.2, 0.25) is 0 Å². The average Bonchev–Trinajstić information content (AvgIpc) is 2.32. The number of ether oxygens (including phenoxy) is 2. The molecule has 0 saturated heterocycles. The topological polar surface area (TPSA) is 41.9 Å². The molecule has 19 heavy (non-hydrogen) atoms. The second-order valence-electron chi connectivity index (χ2n) is 6.15. The zero-order valence-corrected chi connectivity index (χ0v) is 13.1. The van der Waals surface area contributed by atoms with Crippen LogP contribution in [0.5, 0.6) is 0 Å². The molecule has 5 atom stereocenters. The van der Waals surface area contributed by atoms with Crippen molar-refractivity contribution in [2.24, 2.45) is 11.8 Å². The fourth-order valence-electron chi connectivity index (χ4n) is 3.55. The van der Waals surface area contributed by atoms with E-state index in [9.17, 15) is 5.11 Å². The molecule has 1 aliphatic carbocycles. The van der Waals surface area contributed by atoms with Gasteiger partial charge in [-0.3, -0.25) is 4.90 Å². The molecule has 0 aliphatic heterocycles. The van der Waals surface area contributed by atoms with Crippen LogP contribution in [0.2, 0.25) is 0 Å². The Bertz CT molecular complexity index is 238. The third-order valence-corrected chi connectivity index (χ3v) is 4.31. The van der Waals surface area contributed by atoms with E-state index in [4.69, 9.17) is 9.47 Å². The van der Waals surface area contributed by atoms with Gasteiger partial charge in [0.05, 0.1) is 19.3 Å². The Morgan fingerprint density at radius 2 is 1.89 bits per heavy atom. The van der Waals surface area contributed by atoms with Crippen molar-refractivity contribution < 1.29 is 14.6 Å². The molecule has 0 aromatic carbocycles. The van der Waals surface area contributed by atoms with Crippen LogP contribution < -0.4 is 0 Å². The Hall–Kier alpha value is -0.160. The van der Waals surface area contributed by atoms with Gasteiger partial charge in [-0.05, 0) is 31.6 Å². The lowest BCUT2D eigenvalue weighted by Gasteiger charge is -2.46. The molecule has 1 aliphatic rings. The van der Waals surface area contributed by atoms with Crippen LogP contribution in [0.3, 0.4) is 0 Å². The standard InChI is InChI=1S/C15H31NO3/c1-11-8-12(2)15(14(17)9-11)16(6-7-18-4)13(3)10-19-5/h11-15,17H,6-10H2,1-5H3. The van der Waals surface area contributed by atoms with Crippen molar-refractivity contribution >= 4 is 0 Å². The summed E-state index contributed by atoms with van der Waals surface area (Å²) in [6.45, 7) is 8.88. The molecule has 1 saturated carbocycles. The number of rotatable bonds is 7. The van der Waals surface area contributed by atoms with E-state index in [1.807, 2.05) is 0 Å². The predicted octanol–water partition coefficient (Wildman–Crippen LogP) is 1.77. The number of hydrogen-bond acceptors (Lipinski definition) is 4. The molecular weight excluding hydrogens is 242 g/mol. The molecule has 1 fully saturated rings. The zero-order chi connectivity index (χ0) is 14.4. The van der Waals surface area contributed by atoms with Crippen molar-refractivity contribution in [1.29, 1.82) is 0 Å². The summed E-state index contributed by atoms with van der Waals surface area (Å²) in [5.41, 5.74) is 0. The summed E-state index contributed by atoms with van der Waals surface area (Å²) in [5, 5.41) is 10.5. The van der Waals surface area contributed by atoms with Crippen LogP contribution in [-0.4, -0.2) is 62.2 Å². The third-order valence-electron chi connectivity index (χ3n) is 4.31. The molecule has 0 spiro atoms. The van der Waals surface area contributed by atoms with Gasteiger partial charge in [0, 0.05) is 32.8 Å². The molecule has 0 amide bonds. The highest BCUT2D eigenvalue weighted by Gasteiger charge is 2.38. The monoisotopic (exact) mass is 273 g/mol. The predicted molar refractivity (Wildman–Crippen MR) is 77.3 cm³/mol. The van der Waals surface area contributed by atoms with E-state index >= 15 is 0 Å². The molecular formula is C15H31NO3. The molecule has 5 unspecified atom stereocenters. The van der Waals surface area contributed by atoms with E-state index in [1.54, 1.807) is 14.2 Å². The molecule has 1 rings (SSSR count). The van der Waals surface area contributed by atoms with Crippen molar-refractivity contribution in [3.05, 3.63) is 0 Å². The number of nitrogens with zero attached hydrogens (tertiary/aromatic N) is 1. The summed E-state index contributed by atoms with van der Waals surface area (Å²) in [4.78, 5) is 2.37. The van der Waals surface area contributed by atoms with Gasteiger partial charge in [0.1, 0.15) is 0 Å². The average molecular weight is 273 g/mol. The third kappa shape index (κ3) is 4.71. The van der Waals surface area contributed by atoms with Gasteiger partial charge in [-0.15, -0.1) is 0 Å². The van der Waals surface area contributed by atoms with E-state index in [0.29, 0.717) is 31.1 Å². The van der Waals surface area contributed by atoms with E-state index in [2.05, 4.69) is 25.7 Å². The Balaban J connectivity index is 2.76. The molecule has 1 N–H and O–H groups in total. The number of hydrogen-bond donors (Lipinski definition) is 1. The van der Waals surface area contributed by atoms with Crippen LogP contribution in [0, 0.1) is 11.8 Å². The highest BCUT2D eigenvalue weighted by molar-refractivity contribution is 4.91. The SMILES string of the molecule is COCCN(C(C)COC)C1C(C)CC(C)CC1O. The van der Waals surface area contributed by atoms with E-state index in [-0.39, 0.29) is 12.1 Å². The Labute approximate surface area is 118 Å². The van der Waals surface area contributed by atoms with Crippen molar-refractivity contribution in [2.45, 2.75) is 51.8 Å². The van der Waals surface area contributed by atoms with Crippen molar-refractivity contribution in [1.82, 2.24) is 4.90 Å². The van der Waals surface area contributed by atoms with Gasteiger partial charge in [-0.25, -0.2) is 0 Å². The molecule has 114 valence electrons. The number of aliphatic hydroxyl groups is 1. The number of methoxy groups -OCH3 is 2. The van der Waals surface area contributed by atoms with E-state index in [1.165, 1.54) is 6.42 Å². The van der Waals surface area contributed by atoms with Gasteiger partial charge in [0.15, 0.2) is 0 Å². The molecule has 0 radical (unpaired) electrons. The maximum atomic E-state index is 10.5. The quantitative estimate of drug-likeness (QED) is 0.767. The minimum atomic E-state index is -0.241. The zero-order valence-electron chi connectivity index (χ0n) is 13.1. The molecule has 0 aromatic rings. The van der Waals surface area contributed by atoms with Crippen molar-refractivity contribution in [3.8, 4) is 0 Å². The van der Waals surface area contributed by atoms with Gasteiger partial charge in [-0.2, -0.15) is 0 Å². The van der Waals surface area contributed by atoms with Crippen LogP contribution >= 0.6 is 0 Å². The van der Waals surface area contributed by atoms with Crippen LogP contribution in [0.15, 0.2) is 0 Å². The summed E-state index contributed by atoms with van der Waals surface area (Å²) < 4.78 is 10.5. The lowest BCUT2D eigenvalue weighted by molar-refractivity contribution is -0.0574. The van der Waals surface area contributed by atoms with Crippen LogP contribution in [0.4, 0.5) is 0 Å². The first-order valence-corrected chi connectivity index (χ1v) is 7.42. The van der Waals surface area contributed by atoms with Gasteiger partial charge in [0.25, 0.3) is 0 Å². The summed E-state index contributed by atoms with van der Waals surface area (Å²) in [6, 6.07) is 0.521. The van der Waals surface area contributed by atoms with Gasteiger partial charge in [-0.1, -0.05) is 13.8 Å². The fraction of sp³-hybridized carbons (Fsp3) is 1.00. The minimum Gasteiger partial charge on any atom is -0.391 e. The number of aliphatic hydroxyl groups excluding tert-OH is 1. The Morgan fingerprint density at radius 1 is 1.21 bits per heavy atom. The first kappa shape index (κ1) is 16.9. The molecule has 4 nitrogen and oxygen atoms in total. The maximum Gasteiger partial charge on any atom is 0.0700 e. The first-order valence-electron chi connectivity index (χ1n) is 7.42. The minimum absolute atomic E-state index is 0.219. The van der Waals surface area contributed by atoms with Crippen LogP contribution in [-0.2, 0) is 9.47 Å². The van der Waals surface area contributed by atoms with Crippen molar-refractivity contribution in [2.75, 3.05) is 34.0 Å². The molecule has 4 heteroatoms. The summed E-state index contributed by atoms with van der Waals surface area (Å²) >= 11 is 0. The second-order valence-corrected chi connectivity index (χ2v) is 6.15. The molecule has 0 aromatic heterocycles. The Kier molecular flexibility index (Phi) is 7.29. The lowest BCUT2D eigenvalue weighted by Crippen LogP contribution is -2.56. The Morgan fingerprint density at radius 3 is 2.42 bits per heavy atom. The summed E-state index contributed by atoms with van der Waals surface area (Å²) in [5.74, 6) is 1.12. The van der Waals surface area contributed by atoms with E-state index in [0.717, 1.165) is 13.0 Å². The van der Waals surface area contributed by atoms with E-state index < -0.39 is 0 Å². The lowest BCUT2D eigenvalue weighted by atomic mass is 9.77. The van der Waals surface area contributed by atoms with Crippen LogP contribution in [0.25, 0.3) is 0 Å². The highest BCUT2D eigenvalue weighted by atomic mass is 16.5. The summed E-state index contributed by atoms with van der Waals surface area (Å²) in [6.07, 6.45) is 1.85. The van der Waals surface area contributed by atoms with Crippen LogP contribution in [0.1, 0.15) is 33.6 Å². The normalized spacial score (nSPS) is 33.6. The van der Waals surface area contributed by atoms with Gasteiger partial charge < -0.3 is 14.6 Å². The van der Waals surface area contributed by atoms with Crippen molar-refractivity contribution in [3.63, 3.8) is 0 Å². The molecule has 0 heterocycles. The van der Waals surface area contributed by atoms with Gasteiger partial charge >= 0.3 is 0 Å². The first-order chi connectivity index (χ1) is 9.01. The largest absolute Gasteiger partial charge is 0.391 e. The molecule has 0 bridgehead atoms.